The largest absolute Gasteiger partial charge is 0.468 e. The van der Waals surface area contributed by atoms with Crippen molar-refractivity contribution in [2.45, 2.75) is 72.2 Å². The lowest BCUT2D eigenvalue weighted by molar-refractivity contribution is -0.167. The fourth-order valence-electron chi connectivity index (χ4n) is 2.53. The highest BCUT2D eigenvalue weighted by atomic mass is 28.4. The lowest BCUT2D eigenvalue weighted by atomic mass is 9.59. The van der Waals surface area contributed by atoms with Crippen LogP contribution in [0.4, 0.5) is 0 Å². The quantitative estimate of drug-likeness (QED) is 0.436. The van der Waals surface area contributed by atoms with Crippen LogP contribution >= 0.6 is 0 Å². The summed E-state index contributed by atoms with van der Waals surface area (Å²) in [4.78, 5) is 12.5. The Morgan fingerprint density at radius 3 is 2.19 bits per heavy atom. The van der Waals surface area contributed by atoms with E-state index in [2.05, 4.69) is 59.9 Å². The molecule has 0 amide bonds. The average Bonchev–Trinajstić information content (AvgIpc) is 2.32. The van der Waals surface area contributed by atoms with Crippen molar-refractivity contribution < 1.29 is 14.0 Å². The van der Waals surface area contributed by atoms with E-state index in [1.165, 1.54) is 7.11 Å². The third-order valence-corrected chi connectivity index (χ3v) is 10.2. The maximum atomic E-state index is 12.5. The summed E-state index contributed by atoms with van der Waals surface area (Å²) in [6, 6.07) is 0. The molecule has 0 fully saturated rings. The molecule has 4 heteroatoms. The number of carbonyl (C=O) groups excluding carboxylic acids is 1. The van der Waals surface area contributed by atoms with Gasteiger partial charge in [0.05, 0.1) is 18.6 Å². The highest BCUT2D eigenvalue weighted by Crippen LogP contribution is 2.51. The topological polar surface area (TPSA) is 35.5 Å². The Morgan fingerprint density at radius 1 is 1.24 bits per heavy atom. The van der Waals surface area contributed by atoms with Gasteiger partial charge >= 0.3 is 5.97 Å². The second kappa shape index (κ2) is 5.54. The third kappa shape index (κ3) is 3.11. The molecule has 1 aliphatic carbocycles. The van der Waals surface area contributed by atoms with Gasteiger partial charge in [0.2, 0.25) is 0 Å². The molecule has 0 N–H and O–H groups in total. The second-order valence-electron chi connectivity index (χ2n) is 8.51. The number of hydrogen-bond acceptors (Lipinski definition) is 3. The van der Waals surface area contributed by atoms with Crippen LogP contribution in [0, 0.1) is 10.8 Å². The van der Waals surface area contributed by atoms with Crippen LogP contribution in [0.25, 0.3) is 0 Å². The fraction of sp³-hybridized carbons (Fsp3) is 0.824. The van der Waals surface area contributed by atoms with Crippen molar-refractivity contribution in [1.82, 2.24) is 0 Å². The predicted molar refractivity (Wildman–Crippen MR) is 89.7 cm³/mol. The van der Waals surface area contributed by atoms with Gasteiger partial charge in [0.25, 0.3) is 0 Å². The monoisotopic (exact) mass is 312 g/mol. The Hall–Kier alpha value is -0.613. The summed E-state index contributed by atoms with van der Waals surface area (Å²) >= 11 is 0. The van der Waals surface area contributed by atoms with Crippen molar-refractivity contribution in [3.05, 3.63) is 12.2 Å². The first-order chi connectivity index (χ1) is 9.29. The molecule has 0 unspecified atom stereocenters. The van der Waals surface area contributed by atoms with Crippen LogP contribution in [0.1, 0.15) is 48.0 Å². The third-order valence-electron chi connectivity index (χ3n) is 5.75. The minimum Gasteiger partial charge on any atom is -0.468 e. The molecular weight excluding hydrogens is 280 g/mol. The summed E-state index contributed by atoms with van der Waals surface area (Å²) in [7, 11) is -0.498. The Labute approximate surface area is 131 Å². The standard InChI is InChI=1S/C17H32O3Si/c1-15(2,3)21(8,9)20-13-11-10-12-16(4,5)17(13,6)14(18)19-7/h10-11,13H,12H2,1-9H3/t13-,17-/m0/s1. The molecule has 0 heterocycles. The van der Waals surface area contributed by atoms with E-state index in [-0.39, 0.29) is 22.5 Å². The van der Waals surface area contributed by atoms with E-state index in [1.54, 1.807) is 0 Å². The Kier molecular flexibility index (Phi) is 4.87. The van der Waals surface area contributed by atoms with E-state index in [9.17, 15) is 4.79 Å². The number of hydrogen-bond donors (Lipinski definition) is 0. The molecule has 0 saturated heterocycles. The molecule has 0 aromatic carbocycles. The number of rotatable bonds is 3. The Morgan fingerprint density at radius 2 is 1.76 bits per heavy atom. The predicted octanol–water partition coefficient (Wildman–Crippen LogP) is 4.54. The molecule has 0 aromatic rings. The molecular formula is C17H32O3Si. The zero-order chi connectivity index (χ0) is 16.7. The number of allylic oxidation sites excluding steroid dienone is 1. The molecule has 0 aliphatic heterocycles. The maximum Gasteiger partial charge on any atom is 0.315 e. The zero-order valence-corrected chi connectivity index (χ0v) is 16.2. The van der Waals surface area contributed by atoms with Gasteiger partial charge in [0.15, 0.2) is 8.32 Å². The van der Waals surface area contributed by atoms with Gasteiger partial charge in [-0.25, -0.2) is 0 Å². The average molecular weight is 313 g/mol. The van der Waals surface area contributed by atoms with Crippen molar-refractivity contribution in [3.8, 4) is 0 Å². The van der Waals surface area contributed by atoms with E-state index in [0.29, 0.717) is 0 Å². The lowest BCUT2D eigenvalue weighted by Gasteiger charge is -2.51. The van der Waals surface area contributed by atoms with Crippen molar-refractivity contribution in [3.63, 3.8) is 0 Å². The number of methoxy groups -OCH3 is 1. The van der Waals surface area contributed by atoms with Crippen LogP contribution in [-0.2, 0) is 14.0 Å². The minimum absolute atomic E-state index is 0.111. The van der Waals surface area contributed by atoms with Crippen molar-refractivity contribution >= 4 is 14.3 Å². The molecule has 1 rings (SSSR count). The maximum absolute atomic E-state index is 12.5. The van der Waals surface area contributed by atoms with Gasteiger partial charge < -0.3 is 9.16 Å². The van der Waals surface area contributed by atoms with E-state index < -0.39 is 13.7 Å². The first kappa shape index (κ1) is 18.4. The smallest absolute Gasteiger partial charge is 0.315 e. The minimum atomic E-state index is -1.96. The normalized spacial score (nSPS) is 29.3. The summed E-state index contributed by atoms with van der Waals surface area (Å²) in [5.41, 5.74) is -0.853. The summed E-state index contributed by atoms with van der Waals surface area (Å²) in [6.07, 6.45) is 4.83. The van der Waals surface area contributed by atoms with Crippen molar-refractivity contribution in [2.24, 2.45) is 10.8 Å². The highest BCUT2D eigenvalue weighted by molar-refractivity contribution is 6.74. The summed E-state index contributed by atoms with van der Waals surface area (Å²) < 4.78 is 11.7. The van der Waals surface area contributed by atoms with E-state index >= 15 is 0 Å². The number of esters is 1. The summed E-state index contributed by atoms with van der Waals surface area (Å²) in [5, 5.41) is 0.111. The summed E-state index contributed by atoms with van der Waals surface area (Å²) in [5.74, 6) is -0.180. The van der Waals surface area contributed by atoms with Gasteiger partial charge in [-0.2, -0.15) is 0 Å². The molecule has 0 spiro atoms. The second-order valence-corrected chi connectivity index (χ2v) is 13.3. The molecule has 0 saturated carbocycles. The van der Waals surface area contributed by atoms with Crippen LogP contribution in [-0.4, -0.2) is 27.5 Å². The van der Waals surface area contributed by atoms with Crippen LogP contribution in [0.15, 0.2) is 12.2 Å². The van der Waals surface area contributed by atoms with Crippen LogP contribution in [0.2, 0.25) is 18.1 Å². The van der Waals surface area contributed by atoms with E-state index in [4.69, 9.17) is 9.16 Å². The first-order valence-corrected chi connectivity index (χ1v) is 10.6. The lowest BCUT2D eigenvalue weighted by Crippen LogP contribution is -2.57. The van der Waals surface area contributed by atoms with Gasteiger partial charge in [-0.3, -0.25) is 4.79 Å². The fourth-order valence-corrected chi connectivity index (χ4v) is 3.83. The van der Waals surface area contributed by atoms with Crippen molar-refractivity contribution in [2.75, 3.05) is 7.11 Å². The van der Waals surface area contributed by atoms with Crippen LogP contribution in [0.3, 0.4) is 0 Å². The molecule has 0 aromatic heterocycles. The van der Waals surface area contributed by atoms with Crippen LogP contribution < -0.4 is 0 Å². The first-order valence-electron chi connectivity index (χ1n) is 7.72. The van der Waals surface area contributed by atoms with Crippen LogP contribution in [0.5, 0.6) is 0 Å². The number of ether oxygens (including phenoxy) is 1. The molecule has 2 atom stereocenters. The number of carbonyl (C=O) groups is 1. The highest BCUT2D eigenvalue weighted by Gasteiger charge is 2.56. The summed E-state index contributed by atoms with van der Waals surface area (Å²) in [6.45, 7) is 17.3. The SMILES string of the molecule is COC(=O)[C@]1(C)[C@@H](O[Si](C)(C)C(C)(C)C)C=CCC1(C)C. The zero-order valence-electron chi connectivity index (χ0n) is 15.2. The molecule has 0 bridgehead atoms. The molecule has 3 nitrogen and oxygen atoms in total. The Balaban J connectivity index is 3.23. The molecule has 122 valence electrons. The van der Waals surface area contributed by atoms with Gasteiger partial charge in [-0.15, -0.1) is 0 Å². The van der Waals surface area contributed by atoms with Gasteiger partial charge in [-0.1, -0.05) is 46.8 Å². The molecule has 1 aliphatic rings. The van der Waals surface area contributed by atoms with Gasteiger partial charge in [0, 0.05) is 0 Å². The van der Waals surface area contributed by atoms with Crippen molar-refractivity contribution in [1.29, 1.82) is 0 Å². The Bertz CT molecular complexity index is 432. The van der Waals surface area contributed by atoms with E-state index in [1.807, 2.05) is 6.92 Å². The van der Waals surface area contributed by atoms with Gasteiger partial charge in [0.1, 0.15) is 0 Å². The molecule has 0 radical (unpaired) electrons. The molecule has 21 heavy (non-hydrogen) atoms. The van der Waals surface area contributed by atoms with E-state index in [0.717, 1.165) is 6.42 Å². The van der Waals surface area contributed by atoms with Gasteiger partial charge in [-0.05, 0) is 36.9 Å².